The Morgan fingerprint density at radius 1 is 1.10 bits per heavy atom. The lowest BCUT2D eigenvalue weighted by Crippen LogP contribution is -2.31. The highest BCUT2D eigenvalue weighted by Gasteiger charge is 2.42. The van der Waals surface area contributed by atoms with Crippen LogP contribution in [-0.4, -0.2) is 30.1 Å². The van der Waals surface area contributed by atoms with Crippen LogP contribution in [0.4, 0.5) is 0 Å². The molecule has 0 saturated carbocycles. The van der Waals surface area contributed by atoms with E-state index in [-0.39, 0.29) is 23.2 Å². The highest BCUT2D eigenvalue weighted by Crippen LogP contribution is 2.39. The lowest BCUT2D eigenvalue weighted by Gasteiger charge is -2.25. The molecule has 1 aliphatic rings. The molecule has 0 fully saturated rings. The van der Waals surface area contributed by atoms with Gasteiger partial charge in [-0.25, -0.2) is 0 Å². The van der Waals surface area contributed by atoms with Gasteiger partial charge in [0.1, 0.15) is 5.58 Å². The number of rotatable bonds is 6. The summed E-state index contributed by atoms with van der Waals surface area (Å²) < 4.78 is 11.6. The maximum absolute atomic E-state index is 13.5. The van der Waals surface area contributed by atoms with E-state index in [0.717, 1.165) is 5.56 Å². The molecule has 1 unspecified atom stereocenters. The molecule has 31 heavy (non-hydrogen) atoms. The monoisotopic (exact) mass is 459 g/mol. The number of ether oxygens (including phenoxy) is 1. The first-order valence-corrected chi connectivity index (χ1v) is 11.0. The third-order valence-electron chi connectivity index (χ3n) is 5.38. The van der Waals surface area contributed by atoms with E-state index < -0.39 is 6.04 Å². The Bertz CT molecular complexity index is 1220. The van der Waals surface area contributed by atoms with Crippen molar-refractivity contribution in [2.45, 2.75) is 39.3 Å². The Hall–Kier alpha value is -2.34. The van der Waals surface area contributed by atoms with E-state index in [0.29, 0.717) is 51.7 Å². The number of carbonyl (C=O) groups excluding carboxylic acids is 1. The smallest absolute Gasteiger partial charge is 0.290 e. The second-order valence-corrected chi connectivity index (χ2v) is 8.84. The standard InChI is InChI=1S/C24H23Cl2NO4/c1-13(2)30-10-4-9-27-21(15-6-7-17(25)18(26)12-15)20-22(28)16-11-14(3)5-8-19(16)31-23(20)24(27)29/h5-8,11-13,21H,4,9-10H2,1-3H3. The van der Waals surface area contributed by atoms with Gasteiger partial charge in [0.2, 0.25) is 5.76 Å². The van der Waals surface area contributed by atoms with E-state index in [1.54, 1.807) is 35.2 Å². The predicted molar refractivity (Wildman–Crippen MR) is 122 cm³/mol. The average Bonchev–Trinajstić information content (AvgIpc) is 3.00. The second-order valence-electron chi connectivity index (χ2n) is 8.02. The lowest BCUT2D eigenvalue weighted by molar-refractivity contribution is 0.0593. The minimum atomic E-state index is -0.600. The summed E-state index contributed by atoms with van der Waals surface area (Å²) in [4.78, 5) is 28.5. The number of amides is 1. The first-order valence-electron chi connectivity index (χ1n) is 10.2. The summed E-state index contributed by atoms with van der Waals surface area (Å²) in [6.07, 6.45) is 0.733. The van der Waals surface area contributed by atoms with Crippen LogP contribution in [0.25, 0.3) is 11.0 Å². The Balaban J connectivity index is 1.84. The van der Waals surface area contributed by atoms with E-state index in [4.69, 9.17) is 32.4 Å². The molecule has 1 amide bonds. The maximum atomic E-state index is 13.5. The van der Waals surface area contributed by atoms with E-state index in [2.05, 4.69) is 0 Å². The molecule has 1 aromatic heterocycles. The van der Waals surface area contributed by atoms with Crippen LogP contribution < -0.4 is 5.43 Å². The third kappa shape index (κ3) is 4.10. The number of benzene rings is 2. The van der Waals surface area contributed by atoms with Crippen molar-refractivity contribution in [3.8, 4) is 0 Å². The number of nitrogens with zero attached hydrogens (tertiary/aromatic N) is 1. The Labute approximate surface area is 190 Å². The van der Waals surface area contributed by atoms with Crippen molar-refractivity contribution < 1.29 is 13.9 Å². The summed E-state index contributed by atoms with van der Waals surface area (Å²) in [7, 11) is 0. The Morgan fingerprint density at radius 2 is 1.87 bits per heavy atom. The van der Waals surface area contributed by atoms with Crippen molar-refractivity contribution in [2.24, 2.45) is 0 Å². The lowest BCUT2D eigenvalue weighted by atomic mass is 9.98. The van der Waals surface area contributed by atoms with E-state index in [1.165, 1.54) is 0 Å². The van der Waals surface area contributed by atoms with Gasteiger partial charge in [0.05, 0.1) is 33.1 Å². The minimum absolute atomic E-state index is 0.0854. The molecule has 2 aromatic carbocycles. The molecule has 162 valence electrons. The molecular weight excluding hydrogens is 437 g/mol. The van der Waals surface area contributed by atoms with Crippen LogP contribution in [0.2, 0.25) is 10.0 Å². The van der Waals surface area contributed by atoms with Gasteiger partial charge < -0.3 is 14.1 Å². The highest BCUT2D eigenvalue weighted by molar-refractivity contribution is 6.42. The van der Waals surface area contributed by atoms with Gasteiger partial charge in [0.15, 0.2) is 5.43 Å². The normalized spacial score (nSPS) is 15.9. The van der Waals surface area contributed by atoms with Crippen molar-refractivity contribution in [2.75, 3.05) is 13.2 Å². The molecule has 1 atom stereocenters. The molecule has 2 heterocycles. The number of hydrogen-bond donors (Lipinski definition) is 0. The van der Waals surface area contributed by atoms with E-state index in [9.17, 15) is 9.59 Å². The van der Waals surface area contributed by atoms with Gasteiger partial charge in [-0.1, -0.05) is 40.9 Å². The van der Waals surface area contributed by atoms with Gasteiger partial charge in [0, 0.05) is 13.2 Å². The molecule has 0 N–H and O–H groups in total. The molecule has 0 radical (unpaired) electrons. The quantitative estimate of drug-likeness (QED) is 0.439. The zero-order valence-electron chi connectivity index (χ0n) is 17.6. The third-order valence-corrected chi connectivity index (χ3v) is 6.11. The molecule has 1 aliphatic heterocycles. The van der Waals surface area contributed by atoms with Crippen molar-refractivity contribution in [1.29, 1.82) is 0 Å². The largest absolute Gasteiger partial charge is 0.450 e. The zero-order valence-corrected chi connectivity index (χ0v) is 19.1. The van der Waals surface area contributed by atoms with Crippen molar-refractivity contribution in [1.82, 2.24) is 4.90 Å². The van der Waals surface area contributed by atoms with Gasteiger partial charge in [-0.3, -0.25) is 9.59 Å². The van der Waals surface area contributed by atoms with Crippen molar-refractivity contribution in [3.05, 3.63) is 79.1 Å². The molecular formula is C24H23Cl2NO4. The number of carbonyl (C=O) groups is 1. The van der Waals surface area contributed by atoms with Crippen molar-refractivity contribution >= 4 is 40.1 Å². The Morgan fingerprint density at radius 3 is 2.58 bits per heavy atom. The van der Waals surface area contributed by atoms with E-state index in [1.807, 2.05) is 26.8 Å². The molecule has 7 heteroatoms. The van der Waals surface area contributed by atoms with Crippen LogP contribution in [0.15, 0.2) is 45.6 Å². The highest BCUT2D eigenvalue weighted by atomic mass is 35.5. The van der Waals surface area contributed by atoms with Crippen LogP contribution in [0, 0.1) is 6.92 Å². The number of halogens is 2. The van der Waals surface area contributed by atoms with Crippen LogP contribution in [0.3, 0.4) is 0 Å². The molecule has 0 aliphatic carbocycles. The fourth-order valence-electron chi connectivity index (χ4n) is 3.95. The van der Waals surface area contributed by atoms with Gasteiger partial charge in [-0.05, 0) is 57.0 Å². The maximum Gasteiger partial charge on any atom is 0.290 e. The number of hydrogen-bond acceptors (Lipinski definition) is 4. The SMILES string of the molecule is Cc1ccc2oc3c(c(=O)c2c1)C(c1ccc(Cl)c(Cl)c1)N(CCCOC(C)C)C3=O. The summed E-state index contributed by atoms with van der Waals surface area (Å²) in [5, 5.41) is 1.23. The number of fused-ring (bicyclic) bond motifs is 2. The molecule has 0 spiro atoms. The van der Waals surface area contributed by atoms with Gasteiger partial charge >= 0.3 is 0 Å². The molecule has 0 saturated heterocycles. The van der Waals surface area contributed by atoms with Crippen LogP contribution in [0.5, 0.6) is 0 Å². The summed E-state index contributed by atoms with van der Waals surface area (Å²) in [5.41, 5.74) is 2.19. The summed E-state index contributed by atoms with van der Waals surface area (Å²) in [6.45, 7) is 6.76. The second kappa shape index (κ2) is 8.65. The predicted octanol–water partition coefficient (Wildman–Crippen LogP) is 5.77. The number of aryl methyl sites for hydroxylation is 1. The van der Waals surface area contributed by atoms with Gasteiger partial charge in [0.25, 0.3) is 5.91 Å². The molecule has 0 bridgehead atoms. The first-order chi connectivity index (χ1) is 14.8. The van der Waals surface area contributed by atoms with Gasteiger partial charge in [-0.15, -0.1) is 0 Å². The van der Waals surface area contributed by atoms with Gasteiger partial charge in [-0.2, -0.15) is 0 Å². The molecule has 3 aromatic rings. The van der Waals surface area contributed by atoms with Crippen LogP contribution in [-0.2, 0) is 4.74 Å². The Kier molecular flexibility index (Phi) is 6.11. The summed E-state index contributed by atoms with van der Waals surface area (Å²) in [6, 6.07) is 9.94. The molecule has 5 nitrogen and oxygen atoms in total. The van der Waals surface area contributed by atoms with Crippen LogP contribution in [0.1, 0.15) is 53.6 Å². The fraction of sp³-hybridized carbons (Fsp3) is 0.333. The minimum Gasteiger partial charge on any atom is -0.450 e. The summed E-state index contributed by atoms with van der Waals surface area (Å²) in [5.74, 6) is -0.225. The summed E-state index contributed by atoms with van der Waals surface area (Å²) >= 11 is 12.4. The molecule has 4 rings (SSSR count). The van der Waals surface area contributed by atoms with Crippen molar-refractivity contribution in [3.63, 3.8) is 0 Å². The first kappa shape index (κ1) is 21.9. The van der Waals surface area contributed by atoms with Crippen LogP contribution >= 0.6 is 23.2 Å². The average molecular weight is 460 g/mol. The fourth-order valence-corrected chi connectivity index (χ4v) is 4.25. The van der Waals surface area contributed by atoms with E-state index >= 15 is 0 Å². The topological polar surface area (TPSA) is 59.8 Å². The zero-order chi connectivity index (χ0) is 22.3.